The van der Waals surface area contributed by atoms with Crippen molar-refractivity contribution in [3.63, 3.8) is 0 Å². The molecule has 29 heavy (non-hydrogen) atoms. The Balaban J connectivity index is 1.39. The van der Waals surface area contributed by atoms with Crippen molar-refractivity contribution < 1.29 is 4.74 Å². The molecule has 0 aliphatic carbocycles. The Hall–Kier alpha value is -3.10. The summed E-state index contributed by atoms with van der Waals surface area (Å²) in [6, 6.07) is 8.19. The van der Waals surface area contributed by atoms with Crippen molar-refractivity contribution in [2.75, 3.05) is 32.8 Å². The Morgan fingerprint density at radius 2 is 1.86 bits per heavy atom. The minimum Gasteiger partial charge on any atom is -0.379 e. The van der Waals surface area contributed by atoms with E-state index in [1.165, 1.54) is 16.5 Å². The number of benzene rings is 1. The second-order valence-electron chi connectivity index (χ2n) is 7.25. The van der Waals surface area contributed by atoms with E-state index in [1.54, 1.807) is 29.5 Å². The van der Waals surface area contributed by atoms with Crippen LogP contribution in [0.2, 0.25) is 0 Å². The molecule has 4 heterocycles. The lowest BCUT2D eigenvalue weighted by Gasteiger charge is -2.26. The van der Waals surface area contributed by atoms with Crippen LogP contribution >= 0.6 is 0 Å². The lowest BCUT2D eigenvalue weighted by Crippen LogP contribution is -2.38. The third-order valence-corrected chi connectivity index (χ3v) is 5.35. The Morgan fingerprint density at radius 3 is 2.69 bits per heavy atom. The third kappa shape index (κ3) is 3.64. The molecule has 0 spiro atoms. The van der Waals surface area contributed by atoms with E-state index in [0.29, 0.717) is 11.8 Å². The second kappa shape index (κ2) is 7.73. The monoisotopic (exact) mass is 389 g/mol. The van der Waals surface area contributed by atoms with Crippen LogP contribution in [0.3, 0.4) is 0 Å². The number of hydrogen-bond donors (Lipinski definition) is 0. The maximum Gasteiger partial charge on any atom is 0.251 e. The SMILES string of the molecule is Cc1cn(CCN2CCOCC2)c2ccc(-c3ncn(-c4ncccn4)n3)cc12. The van der Waals surface area contributed by atoms with Crippen LogP contribution < -0.4 is 0 Å². The molecule has 148 valence electrons. The van der Waals surface area contributed by atoms with Crippen LogP contribution in [0.1, 0.15) is 5.56 Å². The smallest absolute Gasteiger partial charge is 0.251 e. The van der Waals surface area contributed by atoms with Gasteiger partial charge in [0.2, 0.25) is 0 Å². The molecule has 8 nitrogen and oxygen atoms in total. The van der Waals surface area contributed by atoms with Crippen molar-refractivity contribution in [2.45, 2.75) is 13.5 Å². The second-order valence-corrected chi connectivity index (χ2v) is 7.25. The van der Waals surface area contributed by atoms with Crippen molar-refractivity contribution >= 4 is 10.9 Å². The fourth-order valence-corrected chi connectivity index (χ4v) is 3.77. The zero-order chi connectivity index (χ0) is 19.6. The highest BCUT2D eigenvalue weighted by atomic mass is 16.5. The van der Waals surface area contributed by atoms with Crippen molar-refractivity contribution in [1.29, 1.82) is 0 Å². The summed E-state index contributed by atoms with van der Waals surface area (Å²) < 4.78 is 9.38. The van der Waals surface area contributed by atoms with Gasteiger partial charge < -0.3 is 9.30 Å². The molecule has 0 unspecified atom stereocenters. The van der Waals surface area contributed by atoms with E-state index in [-0.39, 0.29) is 0 Å². The average molecular weight is 389 g/mol. The molecular formula is C21H23N7O. The zero-order valence-corrected chi connectivity index (χ0v) is 16.4. The molecule has 0 atom stereocenters. The molecule has 1 aliphatic rings. The number of hydrogen-bond acceptors (Lipinski definition) is 6. The van der Waals surface area contributed by atoms with Gasteiger partial charge in [-0.2, -0.15) is 4.68 Å². The van der Waals surface area contributed by atoms with Gasteiger partial charge in [0.05, 0.1) is 13.2 Å². The van der Waals surface area contributed by atoms with Gasteiger partial charge in [0, 0.05) is 61.2 Å². The van der Waals surface area contributed by atoms with Crippen molar-refractivity contribution in [1.82, 2.24) is 34.2 Å². The highest BCUT2D eigenvalue weighted by Crippen LogP contribution is 2.26. The number of aromatic nitrogens is 6. The number of nitrogens with zero attached hydrogens (tertiary/aromatic N) is 7. The fourth-order valence-electron chi connectivity index (χ4n) is 3.77. The molecule has 1 aromatic carbocycles. The van der Waals surface area contributed by atoms with Crippen LogP contribution in [0.5, 0.6) is 0 Å². The van der Waals surface area contributed by atoms with Crippen LogP contribution in [-0.2, 0) is 11.3 Å². The Kier molecular flexibility index (Phi) is 4.79. The summed E-state index contributed by atoms with van der Waals surface area (Å²) >= 11 is 0. The van der Waals surface area contributed by atoms with E-state index >= 15 is 0 Å². The predicted octanol–water partition coefficient (Wildman–Crippen LogP) is 2.32. The standard InChI is InChI=1S/C21H23N7O/c1-16-14-27(8-7-26-9-11-29-12-10-26)19-4-3-17(13-18(16)19)20-24-15-28(25-20)21-22-5-2-6-23-21/h2-6,13-15H,7-12H2,1H3. The minimum absolute atomic E-state index is 0.512. The first-order valence-electron chi connectivity index (χ1n) is 9.87. The number of ether oxygens (including phenoxy) is 1. The summed E-state index contributed by atoms with van der Waals surface area (Å²) in [4.78, 5) is 15.3. The average Bonchev–Trinajstić information content (AvgIpc) is 3.39. The van der Waals surface area contributed by atoms with E-state index in [1.807, 2.05) is 0 Å². The Morgan fingerprint density at radius 1 is 1.03 bits per heavy atom. The van der Waals surface area contributed by atoms with Crippen LogP contribution in [0.25, 0.3) is 28.2 Å². The number of rotatable bonds is 5. The molecule has 1 aliphatic heterocycles. The lowest BCUT2D eigenvalue weighted by molar-refractivity contribution is 0.0365. The highest BCUT2D eigenvalue weighted by molar-refractivity contribution is 5.87. The van der Waals surface area contributed by atoms with Gasteiger partial charge in [0.25, 0.3) is 5.95 Å². The summed E-state index contributed by atoms with van der Waals surface area (Å²) in [6.45, 7) is 7.87. The lowest BCUT2D eigenvalue weighted by atomic mass is 10.1. The van der Waals surface area contributed by atoms with Crippen LogP contribution in [0.15, 0.2) is 49.2 Å². The van der Waals surface area contributed by atoms with Gasteiger partial charge >= 0.3 is 0 Å². The van der Waals surface area contributed by atoms with Crippen LogP contribution in [0.4, 0.5) is 0 Å². The zero-order valence-electron chi connectivity index (χ0n) is 16.4. The van der Waals surface area contributed by atoms with Gasteiger partial charge in [-0.15, -0.1) is 5.10 Å². The predicted molar refractivity (Wildman–Crippen MR) is 110 cm³/mol. The van der Waals surface area contributed by atoms with Gasteiger partial charge in [-0.25, -0.2) is 15.0 Å². The number of aryl methyl sites for hydroxylation is 1. The van der Waals surface area contributed by atoms with E-state index < -0.39 is 0 Å². The molecule has 1 fully saturated rings. The number of fused-ring (bicyclic) bond motifs is 1. The molecule has 0 saturated carbocycles. The fraction of sp³-hybridized carbons (Fsp3) is 0.333. The van der Waals surface area contributed by atoms with Gasteiger partial charge in [0.1, 0.15) is 6.33 Å². The normalized spacial score (nSPS) is 15.2. The molecule has 8 heteroatoms. The summed E-state index contributed by atoms with van der Waals surface area (Å²) in [5.74, 6) is 1.18. The summed E-state index contributed by atoms with van der Waals surface area (Å²) in [6.07, 6.45) is 7.27. The van der Waals surface area contributed by atoms with E-state index in [4.69, 9.17) is 4.74 Å². The molecule has 3 aromatic heterocycles. The molecule has 0 bridgehead atoms. The molecule has 0 N–H and O–H groups in total. The van der Waals surface area contributed by atoms with E-state index in [9.17, 15) is 0 Å². The Bertz CT molecular complexity index is 1110. The van der Waals surface area contributed by atoms with E-state index in [0.717, 1.165) is 45.0 Å². The van der Waals surface area contributed by atoms with Gasteiger partial charge in [-0.1, -0.05) is 0 Å². The summed E-state index contributed by atoms with van der Waals surface area (Å²) in [5, 5.41) is 5.78. The molecular weight excluding hydrogens is 366 g/mol. The van der Waals surface area contributed by atoms with Crippen molar-refractivity contribution in [2.24, 2.45) is 0 Å². The van der Waals surface area contributed by atoms with Gasteiger partial charge in [0.15, 0.2) is 5.82 Å². The largest absolute Gasteiger partial charge is 0.379 e. The maximum atomic E-state index is 5.44. The van der Waals surface area contributed by atoms with Gasteiger partial charge in [-0.3, -0.25) is 4.90 Å². The van der Waals surface area contributed by atoms with E-state index in [2.05, 4.69) is 60.8 Å². The minimum atomic E-state index is 0.512. The highest BCUT2D eigenvalue weighted by Gasteiger charge is 2.13. The molecule has 0 amide bonds. The quantitative estimate of drug-likeness (QED) is 0.522. The summed E-state index contributed by atoms with van der Waals surface area (Å²) in [7, 11) is 0. The van der Waals surface area contributed by atoms with Gasteiger partial charge in [-0.05, 0) is 36.8 Å². The topological polar surface area (TPSA) is 73.9 Å². The summed E-state index contributed by atoms with van der Waals surface area (Å²) in [5.41, 5.74) is 3.49. The van der Waals surface area contributed by atoms with Crippen LogP contribution in [-0.4, -0.2) is 67.0 Å². The molecule has 0 radical (unpaired) electrons. The first kappa shape index (κ1) is 18.0. The van der Waals surface area contributed by atoms with Crippen molar-refractivity contribution in [3.8, 4) is 17.3 Å². The molecule has 4 aromatic rings. The third-order valence-electron chi connectivity index (χ3n) is 5.35. The van der Waals surface area contributed by atoms with Crippen molar-refractivity contribution in [3.05, 3.63) is 54.7 Å². The van der Waals surface area contributed by atoms with Crippen LogP contribution in [0, 0.1) is 6.92 Å². The Labute approximate surface area is 168 Å². The molecule has 1 saturated heterocycles. The first-order chi connectivity index (χ1) is 14.3. The first-order valence-corrected chi connectivity index (χ1v) is 9.87. The maximum absolute atomic E-state index is 5.44. The molecule has 5 rings (SSSR count). The number of morpholine rings is 1.